The summed E-state index contributed by atoms with van der Waals surface area (Å²) in [5.74, 6) is 5.91. The number of hydrogen-bond donors (Lipinski definition) is 3. The van der Waals surface area contributed by atoms with Crippen molar-refractivity contribution in [3.8, 4) is 0 Å². The maximum absolute atomic E-state index is 10.8. The van der Waals surface area contributed by atoms with Crippen molar-refractivity contribution in [3.05, 3.63) is 57.6 Å². The molecule has 0 amide bonds. The van der Waals surface area contributed by atoms with E-state index in [1.165, 1.54) is 17.7 Å². The monoisotopic (exact) mass is 287 g/mol. The summed E-state index contributed by atoms with van der Waals surface area (Å²) in [5, 5.41) is 13.9. The van der Waals surface area contributed by atoms with Crippen LogP contribution in [0.5, 0.6) is 0 Å². The number of aromatic nitrogens is 1. The molecule has 0 unspecified atom stereocenters. The molecular weight excluding hydrogens is 270 g/mol. The van der Waals surface area contributed by atoms with Crippen molar-refractivity contribution in [3.63, 3.8) is 0 Å². The number of nitrogen functional groups attached to an aromatic ring is 1. The van der Waals surface area contributed by atoms with E-state index in [2.05, 4.69) is 34.8 Å². The van der Waals surface area contributed by atoms with Crippen molar-refractivity contribution in [1.29, 1.82) is 0 Å². The van der Waals surface area contributed by atoms with E-state index in [4.69, 9.17) is 5.84 Å². The zero-order valence-electron chi connectivity index (χ0n) is 11.7. The number of benzene rings is 1. The van der Waals surface area contributed by atoms with Crippen molar-refractivity contribution >= 4 is 17.3 Å². The van der Waals surface area contributed by atoms with Gasteiger partial charge in [-0.3, -0.25) is 10.1 Å². The quantitative estimate of drug-likeness (QED) is 0.428. The van der Waals surface area contributed by atoms with Gasteiger partial charge in [-0.2, -0.15) is 0 Å². The number of nitrogens with two attached hydrogens (primary N) is 1. The van der Waals surface area contributed by atoms with Gasteiger partial charge in [-0.25, -0.2) is 10.8 Å². The van der Waals surface area contributed by atoms with Gasteiger partial charge in [0.05, 0.1) is 17.1 Å². The number of nitro groups is 1. The summed E-state index contributed by atoms with van der Waals surface area (Å²) in [5.41, 5.74) is 4.59. The lowest BCUT2D eigenvalue weighted by Gasteiger charge is -2.08. The molecule has 0 spiro atoms. The van der Waals surface area contributed by atoms with Gasteiger partial charge >= 0.3 is 0 Å². The fraction of sp³-hybridized carbons (Fsp3) is 0.214. The molecule has 110 valence electrons. The van der Waals surface area contributed by atoms with Crippen LogP contribution in [0.4, 0.5) is 17.3 Å². The molecule has 2 rings (SSSR count). The molecule has 7 nitrogen and oxygen atoms in total. The van der Waals surface area contributed by atoms with E-state index in [-0.39, 0.29) is 11.5 Å². The maximum atomic E-state index is 10.8. The van der Waals surface area contributed by atoms with E-state index < -0.39 is 4.92 Å². The van der Waals surface area contributed by atoms with Gasteiger partial charge in [-0.15, -0.1) is 0 Å². The van der Waals surface area contributed by atoms with Gasteiger partial charge in [-0.05, 0) is 17.5 Å². The Labute approximate surface area is 122 Å². The molecule has 1 heterocycles. The van der Waals surface area contributed by atoms with Crippen LogP contribution in [-0.4, -0.2) is 9.91 Å². The molecule has 1 aromatic heterocycles. The van der Waals surface area contributed by atoms with Crippen LogP contribution in [0.1, 0.15) is 18.1 Å². The predicted molar refractivity (Wildman–Crippen MR) is 81.8 cm³/mol. The topological polar surface area (TPSA) is 106 Å². The van der Waals surface area contributed by atoms with E-state index in [1.807, 2.05) is 12.1 Å². The third-order valence-electron chi connectivity index (χ3n) is 3.07. The van der Waals surface area contributed by atoms with Gasteiger partial charge in [0.1, 0.15) is 11.6 Å². The molecule has 0 aliphatic rings. The number of nitrogens with one attached hydrogen (secondary N) is 2. The number of aryl methyl sites for hydroxylation is 1. The number of rotatable bonds is 6. The van der Waals surface area contributed by atoms with E-state index in [9.17, 15) is 10.1 Å². The Kier molecular flexibility index (Phi) is 4.68. The molecule has 21 heavy (non-hydrogen) atoms. The second-order valence-corrected chi connectivity index (χ2v) is 4.52. The lowest BCUT2D eigenvalue weighted by atomic mass is 10.1. The molecular formula is C14H17N5O2. The molecule has 0 aliphatic carbocycles. The highest BCUT2D eigenvalue weighted by Gasteiger charge is 2.10. The summed E-state index contributed by atoms with van der Waals surface area (Å²) in [4.78, 5) is 14.5. The Bertz CT molecular complexity index is 628. The second-order valence-electron chi connectivity index (χ2n) is 4.52. The molecule has 0 saturated carbocycles. The number of hydrazine groups is 1. The number of anilines is 2. The van der Waals surface area contributed by atoms with E-state index in [0.717, 1.165) is 12.0 Å². The SMILES string of the molecule is CCc1ccc(CNc2cc([N+](=O)[O-])cc(NN)n2)cc1. The van der Waals surface area contributed by atoms with Crippen LogP contribution >= 0.6 is 0 Å². The lowest BCUT2D eigenvalue weighted by molar-refractivity contribution is -0.384. The van der Waals surface area contributed by atoms with Crippen LogP contribution in [0.3, 0.4) is 0 Å². The van der Waals surface area contributed by atoms with Crippen molar-refractivity contribution < 1.29 is 4.92 Å². The number of hydrogen-bond acceptors (Lipinski definition) is 6. The van der Waals surface area contributed by atoms with Crippen LogP contribution in [0, 0.1) is 10.1 Å². The smallest absolute Gasteiger partial charge is 0.276 e. The zero-order valence-corrected chi connectivity index (χ0v) is 11.7. The fourth-order valence-corrected chi connectivity index (χ4v) is 1.87. The van der Waals surface area contributed by atoms with Crippen LogP contribution < -0.4 is 16.6 Å². The summed E-state index contributed by atoms with van der Waals surface area (Å²) in [6, 6.07) is 10.8. The van der Waals surface area contributed by atoms with Gasteiger partial charge in [-0.1, -0.05) is 31.2 Å². The normalized spacial score (nSPS) is 10.2. The first-order chi connectivity index (χ1) is 10.1. The zero-order chi connectivity index (χ0) is 15.2. The van der Waals surface area contributed by atoms with Gasteiger partial charge in [0, 0.05) is 6.54 Å². The minimum Gasteiger partial charge on any atom is -0.366 e. The first-order valence-electron chi connectivity index (χ1n) is 6.57. The van der Waals surface area contributed by atoms with Crippen molar-refractivity contribution in [2.45, 2.75) is 19.9 Å². The minimum absolute atomic E-state index is 0.0678. The summed E-state index contributed by atoms with van der Waals surface area (Å²) < 4.78 is 0. The highest BCUT2D eigenvalue weighted by atomic mass is 16.6. The van der Waals surface area contributed by atoms with Crippen LogP contribution in [-0.2, 0) is 13.0 Å². The highest BCUT2D eigenvalue weighted by molar-refractivity contribution is 5.54. The fourth-order valence-electron chi connectivity index (χ4n) is 1.87. The average molecular weight is 287 g/mol. The third kappa shape index (κ3) is 3.90. The standard InChI is InChI=1S/C14H17N5O2/c1-2-10-3-5-11(6-4-10)9-16-13-7-12(19(20)21)8-14(17-13)18-15/h3-8H,2,9,15H2,1H3,(H2,16,17,18). The predicted octanol–water partition coefficient (Wildman–Crippen LogP) is 2.45. The van der Waals surface area contributed by atoms with Gasteiger partial charge < -0.3 is 10.7 Å². The van der Waals surface area contributed by atoms with Gasteiger partial charge in [0.25, 0.3) is 5.69 Å². The van der Waals surface area contributed by atoms with E-state index in [1.54, 1.807) is 0 Å². The summed E-state index contributed by atoms with van der Waals surface area (Å²) in [6.07, 6.45) is 0.992. The molecule has 1 aromatic carbocycles. The molecule has 0 aliphatic heterocycles. The Morgan fingerprint density at radius 1 is 1.19 bits per heavy atom. The molecule has 0 bridgehead atoms. The molecule has 7 heteroatoms. The Morgan fingerprint density at radius 2 is 1.81 bits per heavy atom. The van der Waals surface area contributed by atoms with Crippen molar-refractivity contribution in [2.75, 3.05) is 10.7 Å². The number of pyridine rings is 1. The molecule has 2 aromatic rings. The van der Waals surface area contributed by atoms with Gasteiger partial charge in [0.2, 0.25) is 0 Å². The third-order valence-corrected chi connectivity index (χ3v) is 3.07. The largest absolute Gasteiger partial charge is 0.366 e. The minimum atomic E-state index is -0.482. The molecule has 0 saturated heterocycles. The second kappa shape index (κ2) is 6.67. The lowest BCUT2D eigenvalue weighted by Crippen LogP contribution is -2.10. The molecule has 0 fully saturated rings. The average Bonchev–Trinajstić information content (AvgIpc) is 2.53. The first-order valence-corrected chi connectivity index (χ1v) is 6.57. The van der Waals surface area contributed by atoms with Gasteiger partial charge in [0.15, 0.2) is 0 Å². The number of nitrogens with zero attached hydrogens (tertiary/aromatic N) is 2. The van der Waals surface area contributed by atoms with Crippen LogP contribution in [0.25, 0.3) is 0 Å². The summed E-state index contributed by atoms with van der Waals surface area (Å²) in [7, 11) is 0. The van der Waals surface area contributed by atoms with E-state index in [0.29, 0.717) is 12.4 Å². The highest BCUT2D eigenvalue weighted by Crippen LogP contribution is 2.20. The molecule has 4 N–H and O–H groups in total. The van der Waals surface area contributed by atoms with Crippen molar-refractivity contribution in [2.24, 2.45) is 5.84 Å². The Morgan fingerprint density at radius 3 is 2.38 bits per heavy atom. The Balaban J connectivity index is 2.11. The Hall–Kier alpha value is -2.67. The van der Waals surface area contributed by atoms with Crippen LogP contribution in [0.2, 0.25) is 0 Å². The maximum Gasteiger partial charge on any atom is 0.276 e. The summed E-state index contributed by atoms with van der Waals surface area (Å²) in [6.45, 7) is 2.63. The molecule has 0 radical (unpaired) electrons. The van der Waals surface area contributed by atoms with Crippen molar-refractivity contribution in [1.82, 2.24) is 4.98 Å². The first kappa shape index (κ1) is 14.7. The van der Waals surface area contributed by atoms with Crippen LogP contribution in [0.15, 0.2) is 36.4 Å². The molecule has 0 atom stereocenters. The van der Waals surface area contributed by atoms with E-state index >= 15 is 0 Å². The summed E-state index contributed by atoms with van der Waals surface area (Å²) >= 11 is 0.